The van der Waals surface area contributed by atoms with Crippen molar-refractivity contribution in [3.63, 3.8) is 0 Å². The molecule has 0 bridgehead atoms. The number of halogens is 1. The molecular weight excluding hydrogens is 272 g/mol. The van der Waals surface area contributed by atoms with Crippen LogP contribution in [0.25, 0.3) is 0 Å². The average molecular weight is 291 g/mol. The van der Waals surface area contributed by atoms with Crippen LogP contribution in [0.4, 0.5) is 0 Å². The van der Waals surface area contributed by atoms with Gasteiger partial charge in [-0.25, -0.2) is 0 Å². The lowest BCUT2D eigenvalue weighted by molar-refractivity contribution is 0.187. The molecule has 15 heavy (non-hydrogen) atoms. The van der Waals surface area contributed by atoms with Gasteiger partial charge in [-0.1, -0.05) is 6.92 Å². The molecule has 2 N–H and O–H groups in total. The van der Waals surface area contributed by atoms with Crippen molar-refractivity contribution in [3.05, 3.63) is 20.8 Å². The first-order chi connectivity index (χ1) is 7.11. The molecule has 0 aliphatic carbocycles. The zero-order valence-electron chi connectivity index (χ0n) is 9.53. The monoisotopic (exact) mass is 290 g/mol. The average Bonchev–Trinajstić information content (AvgIpc) is 2.65. The second kappa shape index (κ2) is 5.99. The van der Waals surface area contributed by atoms with Gasteiger partial charge in [-0.15, -0.1) is 11.3 Å². The Morgan fingerprint density at radius 2 is 2.27 bits per heavy atom. The van der Waals surface area contributed by atoms with Crippen LogP contribution in [0.3, 0.4) is 0 Å². The Morgan fingerprint density at radius 1 is 1.60 bits per heavy atom. The third-order valence-corrected chi connectivity index (χ3v) is 4.92. The van der Waals surface area contributed by atoms with E-state index in [1.807, 2.05) is 0 Å². The van der Waals surface area contributed by atoms with Crippen molar-refractivity contribution in [1.82, 2.24) is 4.90 Å². The van der Waals surface area contributed by atoms with Crippen molar-refractivity contribution in [3.8, 4) is 0 Å². The smallest absolute Gasteiger partial charge is 0.0575 e. The SMILES string of the molecule is CCC(C)N(C)C(CN)c1sccc1Br. The van der Waals surface area contributed by atoms with Gasteiger partial charge in [0.25, 0.3) is 0 Å². The Bertz CT molecular complexity index is 301. The van der Waals surface area contributed by atoms with Gasteiger partial charge in [-0.3, -0.25) is 4.90 Å². The van der Waals surface area contributed by atoms with Gasteiger partial charge >= 0.3 is 0 Å². The van der Waals surface area contributed by atoms with Crippen LogP contribution in [0.2, 0.25) is 0 Å². The van der Waals surface area contributed by atoms with E-state index >= 15 is 0 Å². The minimum Gasteiger partial charge on any atom is -0.329 e. The van der Waals surface area contributed by atoms with E-state index in [-0.39, 0.29) is 0 Å². The van der Waals surface area contributed by atoms with Crippen LogP contribution in [-0.4, -0.2) is 24.5 Å². The molecule has 0 fully saturated rings. The third-order valence-electron chi connectivity index (χ3n) is 2.95. The van der Waals surface area contributed by atoms with Gasteiger partial charge in [0.15, 0.2) is 0 Å². The summed E-state index contributed by atoms with van der Waals surface area (Å²) in [7, 11) is 2.15. The highest BCUT2D eigenvalue weighted by Crippen LogP contribution is 2.32. The fourth-order valence-corrected chi connectivity index (χ4v) is 3.40. The predicted octanol–water partition coefficient (Wildman–Crippen LogP) is 3.24. The second-order valence-corrected chi connectivity index (χ2v) is 5.61. The summed E-state index contributed by atoms with van der Waals surface area (Å²) in [4.78, 5) is 3.69. The maximum absolute atomic E-state index is 5.87. The van der Waals surface area contributed by atoms with Crippen LogP contribution in [0, 0.1) is 0 Å². The third kappa shape index (κ3) is 3.03. The minimum absolute atomic E-state index is 0.328. The number of nitrogens with zero attached hydrogens (tertiary/aromatic N) is 1. The molecule has 1 aromatic heterocycles. The van der Waals surface area contributed by atoms with E-state index in [0.717, 1.165) is 6.42 Å². The summed E-state index contributed by atoms with van der Waals surface area (Å²) >= 11 is 5.35. The van der Waals surface area contributed by atoms with E-state index in [1.54, 1.807) is 11.3 Å². The number of hydrogen-bond donors (Lipinski definition) is 1. The van der Waals surface area contributed by atoms with Gasteiger partial charge in [0.1, 0.15) is 0 Å². The van der Waals surface area contributed by atoms with Gasteiger partial charge in [0.05, 0.1) is 6.04 Å². The molecule has 2 atom stereocenters. The van der Waals surface area contributed by atoms with Crippen LogP contribution >= 0.6 is 27.3 Å². The Balaban J connectivity index is 2.84. The van der Waals surface area contributed by atoms with Crippen LogP contribution in [0.15, 0.2) is 15.9 Å². The predicted molar refractivity (Wildman–Crippen MR) is 71.3 cm³/mol. The summed E-state index contributed by atoms with van der Waals surface area (Å²) in [6, 6.07) is 2.98. The number of thiophene rings is 1. The Hall–Kier alpha value is 0.100. The standard InChI is InChI=1S/C11H19BrN2S/c1-4-8(2)14(3)10(7-13)11-9(12)5-6-15-11/h5-6,8,10H,4,7,13H2,1-3H3. The summed E-state index contributed by atoms with van der Waals surface area (Å²) in [6.07, 6.45) is 1.15. The molecule has 1 heterocycles. The van der Waals surface area contributed by atoms with Gasteiger partial charge in [-0.05, 0) is 47.8 Å². The van der Waals surface area contributed by atoms with Gasteiger partial charge < -0.3 is 5.73 Å². The first-order valence-electron chi connectivity index (χ1n) is 5.26. The minimum atomic E-state index is 0.328. The second-order valence-electron chi connectivity index (χ2n) is 3.81. The molecule has 1 rings (SSSR count). The fourth-order valence-electron chi connectivity index (χ4n) is 1.60. The molecule has 2 nitrogen and oxygen atoms in total. The van der Waals surface area contributed by atoms with Crippen LogP contribution in [-0.2, 0) is 0 Å². The van der Waals surface area contributed by atoms with Crippen molar-refractivity contribution in [2.45, 2.75) is 32.4 Å². The summed E-state index contributed by atoms with van der Waals surface area (Å²) in [6.45, 7) is 5.11. The highest BCUT2D eigenvalue weighted by atomic mass is 79.9. The lowest BCUT2D eigenvalue weighted by Gasteiger charge is -2.31. The first-order valence-corrected chi connectivity index (χ1v) is 6.93. The van der Waals surface area contributed by atoms with Gasteiger partial charge in [0.2, 0.25) is 0 Å². The fraction of sp³-hybridized carbons (Fsp3) is 0.636. The largest absolute Gasteiger partial charge is 0.329 e. The molecule has 2 unspecified atom stereocenters. The molecule has 0 spiro atoms. The molecule has 0 radical (unpaired) electrons. The lowest BCUT2D eigenvalue weighted by atomic mass is 10.1. The summed E-state index contributed by atoms with van der Waals surface area (Å²) < 4.78 is 1.18. The Labute approximate surface area is 105 Å². The number of hydrogen-bond acceptors (Lipinski definition) is 3. The lowest BCUT2D eigenvalue weighted by Crippen LogP contribution is -2.36. The van der Waals surface area contributed by atoms with Crippen LogP contribution in [0.1, 0.15) is 31.2 Å². The molecule has 1 aromatic rings. The van der Waals surface area contributed by atoms with E-state index in [0.29, 0.717) is 18.6 Å². The molecule has 0 aliphatic rings. The molecule has 0 saturated heterocycles. The topological polar surface area (TPSA) is 29.3 Å². The molecule has 0 amide bonds. The van der Waals surface area contributed by atoms with Crippen LogP contribution in [0.5, 0.6) is 0 Å². The van der Waals surface area contributed by atoms with Gasteiger partial charge in [0, 0.05) is 21.9 Å². The molecule has 4 heteroatoms. The van der Waals surface area contributed by atoms with E-state index in [9.17, 15) is 0 Å². The quantitative estimate of drug-likeness (QED) is 0.902. The highest BCUT2D eigenvalue weighted by molar-refractivity contribution is 9.10. The Morgan fingerprint density at radius 3 is 2.67 bits per heavy atom. The van der Waals surface area contributed by atoms with Crippen molar-refractivity contribution >= 4 is 27.3 Å². The van der Waals surface area contributed by atoms with Gasteiger partial charge in [-0.2, -0.15) is 0 Å². The molecule has 86 valence electrons. The van der Waals surface area contributed by atoms with E-state index in [2.05, 4.69) is 53.2 Å². The summed E-state index contributed by atoms with van der Waals surface area (Å²) in [5, 5.41) is 2.10. The molecular formula is C11H19BrN2S. The normalized spacial score (nSPS) is 15.6. The van der Waals surface area contributed by atoms with Crippen molar-refractivity contribution in [2.24, 2.45) is 5.73 Å². The van der Waals surface area contributed by atoms with Crippen molar-refractivity contribution in [1.29, 1.82) is 0 Å². The van der Waals surface area contributed by atoms with E-state index in [1.165, 1.54) is 9.35 Å². The molecule has 0 aliphatic heterocycles. The maximum atomic E-state index is 5.87. The highest BCUT2D eigenvalue weighted by Gasteiger charge is 2.22. The zero-order valence-corrected chi connectivity index (χ0v) is 11.9. The summed E-state index contributed by atoms with van der Waals surface area (Å²) in [5.74, 6) is 0. The number of nitrogens with two attached hydrogens (primary N) is 1. The Kier molecular flexibility index (Phi) is 5.26. The maximum Gasteiger partial charge on any atom is 0.0575 e. The zero-order chi connectivity index (χ0) is 11.4. The number of rotatable bonds is 5. The molecule has 0 saturated carbocycles. The van der Waals surface area contributed by atoms with Crippen molar-refractivity contribution < 1.29 is 0 Å². The molecule has 0 aromatic carbocycles. The van der Waals surface area contributed by atoms with Crippen molar-refractivity contribution in [2.75, 3.05) is 13.6 Å². The summed E-state index contributed by atoms with van der Waals surface area (Å²) in [5.41, 5.74) is 5.87. The number of likely N-dealkylation sites (N-methyl/N-ethyl adjacent to an activating group) is 1. The van der Waals surface area contributed by atoms with Crippen LogP contribution < -0.4 is 5.73 Å². The first kappa shape index (κ1) is 13.2. The van der Waals surface area contributed by atoms with E-state index < -0.39 is 0 Å². The van der Waals surface area contributed by atoms with E-state index in [4.69, 9.17) is 5.73 Å².